The van der Waals surface area contributed by atoms with E-state index in [1.54, 1.807) is 0 Å². The third-order valence-corrected chi connectivity index (χ3v) is 7.75. The van der Waals surface area contributed by atoms with E-state index in [1.807, 2.05) is 0 Å². The molecule has 10 N–H and O–H groups in total. The maximum atomic E-state index is 13.3. The van der Waals surface area contributed by atoms with Gasteiger partial charge in [0.15, 0.2) is 28.8 Å². The van der Waals surface area contributed by atoms with E-state index in [2.05, 4.69) is 0 Å². The van der Waals surface area contributed by atoms with Gasteiger partial charge in [0.1, 0.15) is 77.6 Å². The number of hydrogen-bond donors (Lipinski definition) is 10. The molecular weight excluding hydrogens is 592 g/mol. The Morgan fingerprint density at radius 3 is 2.09 bits per heavy atom. The number of aliphatic hydroxyl groups is 7. The van der Waals surface area contributed by atoms with Crippen molar-refractivity contribution in [1.29, 1.82) is 0 Å². The van der Waals surface area contributed by atoms with Crippen LogP contribution in [0.5, 0.6) is 23.0 Å². The Labute approximate surface area is 247 Å². The standard InChI is InChI=1S/C28H32O16/c1-40-15-4-9(2-3-10(15)31)14-6-13(34)18-11(32)5-12(33)19(25(18)41-14)26-27(23(38)21(36)16(7-29)42-26)44-28-24(39)22(37)20(35)17(8-30)43-28/h2-6,16-17,20-24,26-33,35-39H,7-8H2,1H3/t16-,17+,20+,21+,22-,23-,24-,26-,27?,28-/m0/s1. The highest BCUT2D eigenvalue weighted by Gasteiger charge is 2.52. The number of fused-ring (bicyclic) bond motifs is 1. The Bertz CT molecular complexity index is 1550. The molecule has 0 radical (unpaired) electrons. The smallest absolute Gasteiger partial charge is 0.197 e. The fraction of sp³-hybridized carbons (Fsp3) is 0.464. The van der Waals surface area contributed by atoms with Crippen LogP contribution in [0.2, 0.25) is 0 Å². The van der Waals surface area contributed by atoms with Crippen LogP contribution >= 0.6 is 0 Å². The van der Waals surface area contributed by atoms with Gasteiger partial charge in [-0.05, 0) is 18.2 Å². The number of benzene rings is 2. The average Bonchev–Trinajstić information content (AvgIpc) is 3.00. The lowest BCUT2D eigenvalue weighted by atomic mass is 9.89. The largest absolute Gasteiger partial charge is 0.507 e. The maximum Gasteiger partial charge on any atom is 0.197 e. The molecular formula is C28H32O16. The van der Waals surface area contributed by atoms with Gasteiger partial charge < -0.3 is 74.4 Å². The summed E-state index contributed by atoms with van der Waals surface area (Å²) in [7, 11) is 1.30. The van der Waals surface area contributed by atoms with E-state index in [1.165, 1.54) is 25.3 Å². The Kier molecular flexibility index (Phi) is 9.01. The minimum Gasteiger partial charge on any atom is -0.507 e. The lowest BCUT2D eigenvalue weighted by molar-refractivity contribution is -0.342. The first-order chi connectivity index (χ1) is 20.9. The van der Waals surface area contributed by atoms with E-state index in [0.29, 0.717) is 0 Å². The second kappa shape index (κ2) is 12.4. The number of phenols is 3. The van der Waals surface area contributed by atoms with Crippen molar-refractivity contribution in [3.05, 3.63) is 46.1 Å². The number of rotatable bonds is 7. The van der Waals surface area contributed by atoms with Gasteiger partial charge in [-0.25, -0.2) is 0 Å². The number of aliphatic hydroxyl groups excluding tert-OH is 7. The Morgan fingerprint density at radius 1 is 0.773 bits per heavy atom. The lowest BCUT2D eigenvalue weighted by Gasteiger charge is -2.46. The predicted molar refractivity (Wildman–Crippen MR) is 145 cm³/mol. The summed E-state index contributed by atoms with van der Waals surface area (Å²) in [4.78, 5) is 13.3. The zero-order valence-electron chi connectivity index (χ0n) is 23.0. The number of methoxy groups -OCH3 is 1. The minimum atomic E-state index is -1.94. The molecule has 2 saturated heterocycles. The third kappa shape index (κ3) is 5.45. The van der Waals surface area contributed by atoms with Crippen molar-refractivity contribution in [2.24, 2.45) is 0 Å². The molecule has 3 heterocycles. The second-order valence-corrected chi connectivity index (χ2v) is 10.5. The zero-order chi connectivity index (χ0) is 32.0. The highest BCUT2D eigenvalue weighted by atomic mass is 16.7. The molecule has 2 aromatic carbocycles. The summed E-state index contributed by atoms with van der Waals surface area (Å²) in [5, 5.41) is 103. The van der Waals surface area contributed by atoms with Gasteiger partial charge in [-0.1, -0.05) is 0 Å². The molecule has 16 heteroatoms. The number of ether oxygens (including phenoxy) is 4. The molecule has 10 atom stereocenters. The van der Waals surface area contributed by atoms with Crippen molar-refractivity contribution in [1.82, 2.24) is 0 Å². The summed E-state index contributed by atoms with van der Waals surface area (Å²) in [5.74, 6) is -1.70. The molecule has 1 unspecified atom stereocenters. The fourth-order valence-electron chi connectivity index (χ4n) is 5.38. The molecule has 16 nitrogen and oxygen atoms in total. The van der Waals surface area contributed by atoms with Crippen LogP contribution in [-0.2, 0) is 14.2 Å². The van der Waals surface area contributed by atoms with Gasteiger partial charge in [0.25, 0.3) is 0 Å². The van der Waals surface area contributed by atoms with Crippen LogP contribution in [0, 0.1) is 0 Å². The van der Waals surface area contributed by atoms with Gasteiger partial charge in [0.2, 0.25) is 0 Å². The quantitative estimate of drug-likeness (QED) is 0.135. The Morgan fingerprint density at radius 2 is 1.43 bits per heavy atom. The molecule has 44 heavy (non-hydrogen) atoms. The molecule has 1 aromatic heterocycles. The van der Waals surface area contributed by atoms with Crippen LogP contribution < -0.4 is 10.2 Å². The van der Waals surface area contributed by atoms with Crippen molar-refractivity contribution < 1.29 is 74.4 Å². The van der Waals surface area contributed by atoms with Crippen LogP contribution in [0.1, 0.15) is 11.7 Å². The van der Waals surface area contributed by atoms with Gasteiger partial charge in [0.05, 0.1) is 25.9 Å². The second-order valence-electron chi connectivity index (χ2n) is 10.5. The van der Waals surface area contributed by atoms with Crippen molar-refractivity contribution in [3.8, 4) is 34.3 Å². The monoisotopic (exact) mass is 624 g/mol. The van der Waals surface area contributed by atoms with Gasteiger partial charge in [-0.15, -0.1) is 0 Å². The molecule has 0 spiro atoms. The number of phenolic OH excluding ortho intramolecular Hbond substituents is 3. The molecule has 0 saturated carbocycles. The summed E-state index contributed by atoms with van der Waals surface area (Å²) in [6.07, 6.45) is -17.5. The summed E-state index contributed by atoms with van der Waals surface area (Å²) in [5.41, 5.74) is -1.39. The van der Waals surface area contributed by atoms with Gasteiger partial charge >= 0.3 is 0 Å². The molecule has 2 fully saturated rings. The predicted octanol–water partition coefficient (Wildman–Crippen LogP) is -2.08. The van der Waals surface area contributed by atoms with Crippen molar-refractivity contribution in [3.63, 3.8) is 0 Å². The van der Waals surface area contributed by atoms with Gasteiger partial charge in [-0.2, -0.15) is 0 Å². The molecule has 2 aliphatic heterocycles. The average molecular weight is 625 g/mol. The summed E-state index contributed by atoms with van der Waals surface area (Å²) >= 11 is 0. The first-order valence-electron chi connectivity index (χ1n) is 13.4. The summed E-state index contributed by atoms with van der Waals surface area (Å²) in [6.45, 7) is -1.63. The van der Waals surface area contributed by atoms with Crippen LogP contribution in [0.15, 0.2) is 39.5 Å². The Hall–Kier alpha value is -3.55. The molecule has 3 aromatic rings. The summed E-state index contributed by atoms with van der Waals surface area (Å²) in [6, 6.07) is 5.86. The van der Waals surface area contributed by atoms with E-state index in [-0.39, 0.29) is 28.4 Å². The maximum absolute atomic E-state index is 13.3. The van der Waals surface area contributed by atoms with E-state index < -0.39 is 102 Å². The molecule has 0 amide bonds. The van der Waals surface area contributed by atoms with E-state index in [0.717, 1.165) is 12.1 Å². The van der Waals surface area contributed by atoms with Crippen LogP contribution in [0.25, 0.3) is 22.3 Å². The fourth-order valence-corrected chi connectivity index (χ4v) is 5.38. The van der Waals surface area contributed by atoms with E-state index >= 15 is 0 Å². The van der Waals surface area contributed by atoms with Crippen molar-refractivity contribution in [2.45, 2.75) is 61.2 Å². The first-order valence-corrected chi connectivity index (χ1v) is 13.4. The van der Waals surface area contributed by atoms with Crippen LogP contribution in [-0.4, -0.2) is 127 Å². The zero-order valence-corrected chi connectivity index (χ0v) is 23.0. The molecule has 5 rings (SSSR count). The Balaban J connectivity index is 1.67. The molecule has 2 aliphatic rings. The van der Waals surface area contributed by atoms with Gasteiger partial charge in [0, 0.05) is 17.7 Å². The third-order valence-electron chi connectivity index (χ3n) is 7.75. The number of aromatic hydroxyl groups is 3. The topological polar surface area (TPSA) is 269 Å². The highest BCUT2D eigenvalue weighted by Crippen LogP contribution is 2.45. The first kappa shape index (κ1) is 31.9. The SMILES string of the molecule is COc1cc(-c2cc(=O)c3c(O)cc(O)c([C@@H]4O[C@@H](CO)[C@@H](O)[C@H](O)C4O[C@@H]4O[C@H](CO)[C@@H](O)[C@H](O)[C@@H]4O)c3o2)ccc1O. The lowest BCUT2D eigenvalue weighted by Crippen LogP contribution is -2.62. The van der Waals surface area contributed by atoms with Crippen molar-refractivity contribution >= 4 is 11.0 Å². The molecule has 240 valence electrons. The summed E-state index contributed by atoms with van der Waals surface area (Å²) < 4.78 is 28.0. The normalized spacial score (nSPS) is 32.5. The minimum absolute atomic E-state index is 0.0377. The molecule has 0 bridgehead atoms. The van der Waals surface area contributed by atoms with Crippen LogP contribution in [0.3, 0.4) is 0 Å². The highest BCUT2D eigenvalue weighted by molar-refractivity contribution is 5.89. The van der Waals surface area contributed by atoms with E-state index in [4.69, 9.17) is 23.4 Å². The van der Waals surface area contributed by atoms with Crippen molar-refractivity contribution in [2.75, 3.05) is 20.3 Å². The van der Waals surface area contributed by atoms with Crippen LogP contribution in [0.4, 0.5) is 0 Å². The van der Waals surface area contributed by atoms with Gasteiger partial charge in [-0.3, -0.25) is 4.79 Å². The molecule has 0 aliphatic carbocycles. The number of hydrogen-bond acceptors (Lipinski definition) is 16. The van der Waals surface area contributed by atoms with E-state index in [9.17, 15) is 55.9 Å².